The Bertz CT molecular complexity index is 1620. The Morgan fingerprint density at radius 2 is 1.85 bits per heavy atom. The molecule has 0 bridgehead atoms. The largest absolute Gasteiger partial charge is 0.433 e. The number of piperidine rings is 1. The number of alkyl halides is 2. The van der Waals surface area contributed by atoms with E-state index in [4.69, 9.17) is 20.2 Å². The number of hydrogen-bond donors (Lipinski definition) is 4. The van der Waals surface area contributed by atoms with Crippen molar-refractivity contribution in [3.8, 4) is 17.1 Å². The summed E-state index contributed by atoms with van der Waals surface area (Å²) in [6.45, 7) is 5.84. The number of likely N-dealkylation sites (N-methyl/N-ethyl adjacent to an activating group) is 1. The van der Waals surface area contributed by atoms with Gasteiger partial charge in [0.2, 0.25) is 0 Å². The van der Waals surface area contributed by atoms with Crippen LogP contribution in [0.4, 0.5) is 31.8 Å². The average molecular weight is 667 g/mol. The van der Waals surface area contributed by atoms with Crippen molar-refractivity contribution in [1.82, 2.24) is 30.0 Å². The molecule has 13 nitrogen and oxygen atoms in total. The Morgan fingerprint density at radius 1 is 1.08 bits per heavy atom. The van der Waals surface area contributed by atoms with Gasteiger partial charge in [-0.2, -0.15) is 13.9 Å². The number of benzene rings is 1. The molecule has 4 fully saturated rings. The molecule has 258 valence electrons. The van der Waals surface area contributed by atoms with Gasteiger partial charge >= 0.3 is 6.61 Å². The molecule has 0 radical (unpaired) electrons. The van der Waals surface area contributed by atoms with Gasteiger partial charge in [0.1, 0.15) is 11.4 Å². The highest BCUT2D eigenvalue weighted by Crippen LogP contribution is 2.52. The van der Waals surface area contributed by atoms with Crippen LogP contribution in [0.5, 0.6) is 5.75 Å². The number of nitrogens with two attached hydrogens (primary N) is 1. The summed E-state index contributed by atoms with van der Waals surface area (Å²) >= 11 is 0. The summed E-state index contributed by atoms with van der Waals surface area (Å²) in [7, 11) is 2.15. The van der Waals surface area contributed by atoms with E-state index in [1.807, 2.05) is 13.0 Å². The molecule has 15 heteroatoms. The van der Waals surface area contributed by atoms with Crippen molar-refractivity contribution in [2.45, 2.75) is 57.7 Å². The second kappa shape index (κ2) is 13.4. The van der Waals surface area contributed by atoms with E-state index in [9.17, 15) is 13.6 Å². The number of ether oxygens (including phenoxy) is 2. The molecule has 1 unspecified atom stereocenters. The molecular weight excluding hydrogens is 622 g/mol. The molecule has 1 aliphatic carbocycles. The lowest BCUT2D eigenvalue weighted by atomic mass is 9.92. The number of primary amides is 1. The molecule has 1 amide bonds. The van der Waals surface area contributed by atoms with E-state index in [0.29, 0.717) is 47.8 Å². The number of nitrogens with one attached hydrogen (secondary N) is 3. The number of carbonyl (C=O) groups is 1. The number of halogens is 2. The van der Waals surface area contributed by atoms with Crippen molar-refractivity contribution in [2.24, 2.45) is 11.1 Å². The third kappa shape index (κ3) is 6.89. The topological polar surface area (TPSA) is 150 Å². The number of aromatic nitrogens is 4. The maximum Gasteiger partial charge on any atom is 0.387 e. The minimum Gasteiger partial charge on any atom is -0.433 e. The number of carbonyl (C=O) groups excluding carboxylic acids is 1. The molecule has 3 aromatic rings. The maximum absolute atomic E-state index is 13.7. The Kier molecular flexibility index (Phi) is 9.09. The van der Waals surface area contributed by atoms with Gasteiger partial charge < -0.3 is 35.6 Å². The van der Waals surface area contributed by atoms with Gasteiger partial charge in [-0.25, -0.2) is 9.97 Å². The molecule has 3 saturated heterocycles. The Hall–Kier alpha value is -4.08. The third-order valence-electron chi connectivity index (χ3n) is 10.3. The van der Waals surface area contributed by atoms with E-state index in [1.165, 1.54) is 6.07 Å². The summed E-state index contributed by atoms with van der Waals surface area (Å²) in [5.41, 5.74) is 8.47. The Balaban J connectivity index is 1.16. The summed E-state index contributed by atoms with van der Waals surface area (Å²) in [5, 5.41) is 14.0. The van der Waals surface area contributed by atoms with Crippen LogP contribution < -0.4 is 26.0 Å². The van der Waals surface area contributed by atoms with Gasteiger partial charge in [-0.1, -0.05) is 0 Å². The minimum atomic E-state index is -3.01. The van der Waals surface area contributed by atoms with Gasteiger partial charge in [0.25, 0.3) is 5.91 Å². The van der Waals surface area contributed by atoms with Gasteiger partial charge in [0.15, 0.2) is 23.1 Å². The standard InChI is InChI=1S/C33H44F2N10O3/c1-20-17-23(42-41-20)27-30(38-26-7-16-47-19-33(26)8-9-33)40-31(28(39-27)29(36)46)37-21-3-4-24(25(18-21)48-32(34)35)45-10-5-22(6-11-45)44-14-12-43(2)13-15-44/h3-4,17-18,22,26,32H,5-16,19H2,1-2H3,(H2,36,46)(H,41,42)(H2,37,38,40). The highest BCUT2D eigenvalue weighted by atomic mass is 19.3. The number of anilines is 4. The first-order chi connectivity index (χ1) is 23.2. The van der Waals surface area contributed by atoms with Crippen LogP contribution in [0, 0.1) is 12.3 Å². The summed E-state index contributed by atoms with van der Waals surface area (Å²) in [6.07, 6.45) is 4.78. The molecule has 2 aromatic heterocycles. The van der Waals surface area contributed by atoms with E-state index >= 15 is 0 Å². The predicted octanol–water partition coefficient (Wildman–Crippen LogP) is 3.82. The molecule has 1 atom stereocenters. The predicted molar refractivity (Wildman–Crippen MR) is 178 cm³/mol. The van der Waals surface area contributed by atoms with Crippen LogP contribution in [0.25, 0.3) is 11.4 Å². The van der Waals surface area contributed by atoms with Crippen molar-refractivity contribution < 1.29 is 23.0 Å². The zero-order valence-corrected chi connectivity index (χ0v) is 27.5. The van der Waals surface area contributed by atoms with Gasteiger partial charge in [0, 0.05) is 80.8 Å². The summed E-state index contributed by atoms with van der Waals surface area (Å²) in [4.78, 5) is 29.2. The number of nitrogens with zero attached hydrogens (tertiary/aromatic N) is 6. The number of rotatable bonds is 10. The maximum atomic E-state index is 13.7. The average Bonchev–Trinajstić information content (AvgIpc) is 3.71. The zero-order valence-electron chi connectivity index (χ0n) is 27.5. The highest BCUT2D eigenvalue weighted by molar-refractivity contribution is 5.97. The van der Waals surface area contributed by atoms with Crippen molar-refractivity contribution in [3.05, 3.63) is 35.7 Å². The van der Waals surface area contributed by atoms with Crippen LogP contribution in [-0.2, 0) is 4.74 Å². The molecule has 1 aromatic carbocycles. The normalized spacial score (nSPS) is 21.9. The van der Waals surface area contributed by atoms with Crippen LogP contribution in [-0.4, -0.2) is 114 Å². The fourth-order valence-electron chi connectivity index (χ4n) is 7.28. The molecule has 3 aliphatic heterocycles. The second-order valence-electron chi connectivity index (χ2n) is 13.6. The van der Waals surface area contributed by atoms with Gasteiger partial charge in [-0.15, -0.1) is 0 Å². The first kappa shape index (κ1) is 32.5. The Morgan fingerprint density at radius 3 is 2.52 bits per heavy atom. The molecular formula is C33H44F2N10O3. The summed E-state index contributed by atoms with van der Waals surface area (Å²) < 4.78 is 38.2. The molecule has 5 heterocycles. The number of aryl methyl sites for hydroxylation is 1. The zero-order chi connectivity index (χ0) is 33.4. The van der Waals surface area contributed by atoms with Crippen molar-refractivity contribution in [1.29, 1.82) is 0 Å². The lowest BCUT2D eigenvalue weighted by molar-refractivity contribution is -0.0495. The number of amides is 1. The van der Waals surface area contributed by atoms with Crippen molar-refractivity contribution in [2.75, 3.05) is 75.1 Å². The van der Waals surface area contributed by atoms with E-state index in [-0.39, 0.29) is 28.7 Å². The monoisotopic (exact) mass is 666 g/mol. The van der Waals surface area contributed by atoms with E-state index < -0.39 is 12.5 Å². The smallest absolute Gasteiger partial charge is 0.387 e. The molecule has 1 spiro atoms. The van der Waals surface area contributed by atoms with Crippen LogP contribution in [0.3, 0.4) is 0 Å². The quantitative estimate of drug-likeness (QED) is 0.250. The summed E-state index contributed by atoms with van der Waals surface area (Å²) in [6, 6.07) is 7.45. The van der Waals surface area contributed by atoms with E-state index in [1.54, 1.807) is 12.1 Å². The van der Waals surface area contributed by atoms with Gasteiger partial charge in [-0.05, 0) is 64.3 Å². The summed E-state index contributed by atoms with van der Waals surface area (Å²) in [5.74, 6) is -0.210. The second-order valence-corrected chi connectivity index (χ2v) is 13.6. The number of piperazine rings is 1. The lowest BCUT2D eigenvalue weighted by Gasteiger charge is -2.42. The first-order valence-corrected chi connectivity index (χ1v) is 16.8. The highest BCUT2D eigenvalue weighted by Gasteiger charge is 2.51. The first-order valence-electron chi connectivity index (χ1n) is 16.8. The van der Waals surface area contributed by atoms with Crippen LogP contribution in [0.2, 0.25) is 0 Å². The molecule has 48 heavy (non-hydrogen) atoms. The van der Waals surface area contributed by atoms with Crippen LogP contribution >= 0.6 is 0 Å². The lowest BCUT2D eigenvalue weighted by Crippen LogP contribution is -2.52. The third-order valence-corrected chi connectivity index (χ3v) is 10.3. The molecule has 1 saturated carbocycles. The van der Waals surface area contributed by atoms with E-state index in [2.05, 4.69) is 47.6 Å². The van der Waals surface area contributed by atoms with Gasteiger partial charge in [-0.3, -0.25) is 14.8 Å². The SMILES string of the molecule is Cc1cc(-c2nc(C(N)=O)c(Nc3ccc(N4CCC(N5CCN(C)CC5)CC4)c(OC(F)F)c3)nc2NC2CCOCC23CC3)n[nH]1. The molecule has 5 N–H and O–H groups in total. The number of aromatic amines is 1. The fraction of sp³-hybridized carbons (Fsp3) is 0.576. The van der Waals surface area contributed by atoms with E-state index in [0.717, 1.165) is 77.1 Å². The van der Waals surface area contributed by atoms with Crippen LogP contribution in [0.15, 0.2) is 24.3 Å². The van der Waals surface area contributed by atoms with Crippen molar-refractivity contribution >= 4 is 28.9 Å². The molecule has 4 aliphatic rings. The number of hydrogen-bond acceptors (Lipinski definition) is 11. The van der Waals surface area contributed by atoms with Crippen molar-refractivity contribution in [3.63, 3.8) is 0 Å². The fourth-order valence-corrected chi connectivity index (χ4v) is 7.28. The number of H-pyrrole nitrogens is 1. The van der Waals surface area contributed by atoms with Gasteiger partial charge in [0.05, 0.1) is 12.3 Å². The Labute approximate surface area is 278 Å². The minimum absolute atomic E-state index is 0.0327. The molecule has 7 rings (SSSR count). The van der Waals surface area contributed by atoms with Crippen LogP contribution in [0.1, 0.15) is 48.3 Å².